The highest BCUT2D eigenvalue weighted by atomic mass is 127. The van der Waals surface area contributed by atoms with Crippen LogP contribution in [-0.4, -0.2) is 27.0 Å². The lowest BCUT2D eigenvalue weighted by molar-refractivity contribution is 0.0696. The molecule has 1 aromatic heterocycles. The van der Waals surface area contributed by atoms with Crippen molar-refractivity contribution in [2.24, 2.45) is 5.10 Å². The molecule has 0 atom stereocenters. The van der Waals surface area contributed by atoms with E-state index >= 15 is 0 Å². The zero-order chi connectivity index (χ0) is 25.1. The molecule has 7 nitrogen and oxygen atoms in total. The van der Waals surface area contributed by atoms with Crippen molar-refractivity contribution in [3.8, 4) is 5.75 Å². The van der Waals surface area contributed by atoms with Crippen molar-refractivity contribution >= 4 is 61.6 Å². The summed E-state index contributed by atoms with van der Waals surface area (Å²) in [6.07, 6.45) is 1.63. The van der Waals surface area contributed by atoms with E-state index in [1.54, 1.807) is 30.5 Å². The molecule has 0 spiro atoms. The van der Waals surface area contributed by atoms with Gasteiger partial charge in [-0.25, -0.2) is 9.78 Å². The average Bonchev–Trinajstić information content (AvgIpc) is 2.83. The number of carbonyl (C=O) groups is 1. The molecule has 1 heterocycles. The van der Waals surface area contributed by atoms with E-state index in [9.17, 15) is 9.59 Å². The number of carboxylic acid groups (broad SMARTS) is 1. The van der Waals surface area contributed by atoms with E-state index in [0.717, 1.165) is 19.2 Å². The van der Waals surface area contributed by atoms with Crippen LogP contribution in [0.1, 0.15) is 47.1 Å². The summed E-state index contributed by atoms with van der Waals surface area (Å²) in [5.41, 5.74) is 2.19. The fraction of sp³-hybridized carbons (Fsp3) is 0.154. The lowest BCUT2D eigenvalue weighted by Crippen LogP contribution is -2.23. The highest BCUT2D eigenvalue weighted by Crippen LogP contribution is 2.23. The number of benzene rings is 3. The first-order valence-corrected chi connectivity index (χ1v) is 12.6. The first kappa shape index (κ1) is 25.1. The minimum atomic E-state index is -0.973. The quantitative estimate of drug-likeness (QED) is 0.195. The lowest BCUT2D eigenvalue weighted by atomic mass is 10.1. The van der Waals surface area contributed by atoms with Crippen LogP contribution in [0.5, 0.6) is 5.75 Å². The van der Waals surface area contributed by atoms with Crippen molar-refractivity contribution in [2.45, 2.75) is 26.4 Å². The van der Waals surface area contributed by atoms with Crippen LogP contribution in [0.3, 0.4) is 0 Å². The summed E-state index contributed by atoms with van der Waals surface area (Å²) in [5, 5.41) is 14.1. The summed E-state index contributed by atoms with van der Waals surface area (Å²) >= 11 is 5.59. The number of aromatic carboxylic acids is 1. The van der Waals surface area contributed by atoms with Crippen LogP contribution in [0.2, 0.25) is 0 Å². The molecule has 0 unspecified atom stereocenters. The van der Waals surface area contributed by atoms with Gasteiger partial charge in [0.15, 0.2) is 0 Å². The number of halogens is 2. The molecule has 0 fully saturated rings. The van der Waals surface area contributed by atoms with Gasteiger partial charge in [-0.15, -0.1) is 0 Å². The van der Waals surface area contributed by atoms with Gasteiger partial charge in [0.05, 0.1) is 26.3 Å². The van der Waals surface area contributed by atoms with Crippen LogP contribution in [0, 0.1) is 3.57 Å². The number of rotatable bonds is 7. The van der Waals surface area contributed by atoms with Crippen molar-refractivity contribution in [3.63, 3.8) is 0 Å². The molecule has 0 saturated carbocycles. The van der Waals surface area contributed by atoms with Gasteiger partial charge in [0.2, 0.25) is 0 Å². The van der Waals surface area contributed by atoms with Gasteiger partial charge in [-0.3, -0.25) is 4.79 Å². The van der Waals surface area contributed by atoms with Crippen molar-refractivity contribution in [3.05, 3.63) is 102 Å². The van der Waals surface area contributed by atoms with E-state index in [2.05, 4.69) is 48.6 Å². The first-order chi connectivity index (χ1) is 16.7. The number of ether oxygens (including phenoxy) is 1. The van der Waals surface area contributed by atoms with Gasteiger partial charge < -0.3 is 9.84 Å². The second-order valence-corrected chi connectivity index (χ2v) is 10.2. The minimum absolute atomic E-state index is 0.00318. The van der Waals surface area contributed by atoms with E-state index in [4.69, 9.17) is 9.84 Å². The number of aromatic nitrogens is 2. The van der Waals surface area contributed by atoms with E-state index in [0.29, 0.717) is 22.5 Å². The Balaban J connectivity index is 1.58. The molecule has 9 heteroatoms. The van der Waals surface area contributed by atoms with E-state index < -0.39 is 5.97 Å². The number of fused-ring (bicyclic) bond motifs is 1. The van der Waals surface area contributed by atoms with Gasteiger partial charge in [0.25, 0.3) is 5.56 Å². The van der Waals surface area contributed by atoms with Gasteiger partial charge in [-0.2, -0.15) is 9.78 Å². The van der Waals surface area contributed by atoms with Crippen LogP contribution in [0.15, 0.2) is 75.0 Å². The lowest BCUT2D eigenvalue weighted by Gasteiger charge is -2.12. The maximum atomic E-state index is 13.2. The largest absolute Gasteiger partial charge is 0.488 e. The summed E-state index contributed by atoms with van der Waals surface area (Å²) in [4.78, 5) is 29.0. The highest BCUT2D eigenvalue weighted by Gasteiger charge is 2.14. The zero-order valence-electron chi connectivity index (χ0n) is 18.9. The third-order valence-electron chi connectivity index (χ3n) is 5.20. The fourth-order valence-electron chi connectivity index (χ4n) is 3.45. The normalized spacial score (nSPS) is 11.5. The Hall–Kier alpha value is -3.05. The Morgan fingerprint density at radius 1 is 1.20 bits per heavy atom. The number of nitrogens with zero attached hydrogens (tertiary/aromatic N) is 3. The fourth-order valence-corrected chi connectivity index (χ4v) is 4.50. The van der Waals surface area contributed by atoms with E-state index in [1.807, 2.05) is 50.2 Å². The summed E-state index contributed by atoms with van der Waals surface area (Å²) < 4.78 is 8.90. The number of hydrogen-bond acceptors (Lipinski definition) is 5. The highest BCUT2D eigenvalue weighted by molar-refractivity contribution is 14.1. The molecule has 3 aromatic carbocycles. The Labute approximate surface area is 223 Å². The number of hydrogen-bond donors (Lipinski definition) is 1. The maximum Gasteiger partial charge on any atom is 0.335 e. The molecule has 4 rings (SSSR count). The minimum Gasteiger partial charge on any atom is -0.488 e. The van der Waals surface area contributed by atoms with Crippen LogP contribution >= 0.6 is 38.5 Å². The Kier molecular flexibility index (Phi) is 7.66. The standard InChI is InChI=1S/C26H21BrIN3O4/c1-15(2)24-30-22-8-7-19(27)12-20(22)25(32)31(24)29-13-16-6-9-23(21(28)11-16)35-14-17-4-3-5-18(10-17)26(33)34/h3-13,15H,14H2,1-2H3,(H,33,34). The Bertz CT molecular complexity index is 1510. The van der Waals surface area contributed by atoms with Crippen molar-refractivity contribution in [2.75, 3.05) is 0 Å². The Morgan fingerprint density at radius 3 is 2.71 bits per heavy atom. The molecule has 0 radical (unpaired) electrons. The molecule has 0 aliphatic heterocycles. The molecule has 178 valence electrons. The second kappa shape index (κ2) is 10.7. The summed E-state index contributed by atoms with van der Waals surface area (Å²) in [6, 6.07) is 17.7. The molecule has 1 N–H and O–H groups in total. The average molecular weight is 646 g/mol. The molecule has 35 heavy (non-hydrogen) atoms. The molecule has 0 aliphatic carbocycles. The summed E-state index contributed by atoms with van der Waals surface area (Å²) in [7, 11) is 0. The van der Waals surface area contributed by atoms with Gasteiger partial charge in [0.1, 0.15) is 18.2 Å². The smallest absolute Gasteiger partial charge is 0.335 e. The monoisotopic (exact) mass is 645 g/mol. The van der Waals surface area contributed by atoms with Crippen molar-refractivity contribution in [1.82, 2.24) is 9.66 Å². The topological polar surface area (TPSA) is 93.8 Å². The van der Waals surface area contributed by atoms with Crippen LogP contribution in [0.4, 0.5) is 0 Å². The molecule has 0 amide bonds. The molecular formula is C26H21BrIN3O4. The van der Waals surface area contributed by atoms with Crippen LogP contribution < -0.4 is 10.3 Å². The number of carboxylic acids is 1. The van der Waals surface area contributed by atoms with Crippen LogP contribution in [-0.2, 0) is 6.61 Å². The Morgan fingerprint density at radius 2 is 2.00 bits per heavy atom. The third kappa shape index (κ3) is 5.79. The van der Waals surface area contributed by atoms with E-state index in [-0.39, 0.29) is 23.6 Å². The maximum absolute atomic E-state index is 13.2. The molecular weight excluding hydrogens is 625 g/mol. The zero-order valence-corrected chi connectivity index (χ0v) is 22.6. The van der Waals surface area contributed by atoms with Gasteiger partial charge in [-0.05, 0) is 82.2 Å². The molecule has 0 aliphatic rings. The first-order valence-electron chi connectivity index (χ1n) is 10.7. The van der Waals surface area contributed by atoms with Gasteiger partial charge in [-0.1, -0.05) is 41.9 Å². The van der Waals surface area contributed by atoms with Gasteiger partial charge in [0, 0.05) is 10.4 Å². The second-order valence-electron chi connectivity index (χ2n) is 8.13. The summed E-state index contributed by atoms with van der Waals surface area (Å²) in [6.45, 7) is 4.19. The van der Waals surface area contributed by atoms with Crippen molar-refractivity contribution in [1.29, 1.82) is 0 Å². The third-order valence-corrected chi connectivity index (χ3v) is 6.53. The van der Waals surface area contributed by atoms with Crippen molar-refractivity contribution < 1.29 is 14.6 Å². The van der Waals surface area contributed by atoms with Gasteiger partial charge >= 0.3 is 5.97 Å². The molecule has 0 saturated heterocycles. The predicted molar refractivity (Wildman–Crippen MR) is 148 cm³/mol. The molecule has 0 bridgehead atoms. The SMILES string of the molecule is CC(C)c1nc2ccc(Br)cc2c(=O)n1N=Cc1ccc(OCc2cccc(C(=O)O)c2)c(I)c1. The van der Waals surface area contributed by atoms with E-state index in [1.165, 1.54) is 4.68 Å². The summed E-state index contributed by atoms with van der Waals surface area (Å²) in [5.74, 6) is 0.280. The predicted octanol–water partition coefficient (Wildman–Crippen LogP) is 6.05. The van der Waals surface area contributed by atoms with Crippen LogP contribution in [0.25, 0.3) is 10.9 Å². The molecule has 4 aromatic rings.